The molecule has 0 aromatic rings. The van der Waals surface area contributed by atoms with Crippen LogP contribution in [-0.4, -0.2) is 23.3 Å². The van der Waals surface area contributed by atoms with E-state index in [1.807, 2.05) is 0 Å². The van der Waals surface area contributed by atoms with Crippen molar-refractivity contribution in [3.63, 3.8) is 0 Å². The summed E-state index contributed by atoms with van der Waals surface area (Å²) in [5, 5.41) is 13.7. The summed E-state index contributed by atoms with van der Waals surface area (Å²) in [4.78, 5) is 0. The molecule has 0 aromatic heterocycles. The number of aliphatic hydroxyl groups is 1. The molecule has 2 fully saturated rings. The molecule has 2 rings (SSSR count). The van der Waals surface area contributed by atoms with Gasteiger partial charge in [0, 0.05) is 12.1 Å². The average molecular weight is 267 g/mol. The lowest BCUT2D eigenvalue weighted by Crippen LogP contribution is -2.42. The molecule has 0 aliphatic heterocycles. The highest BCUT2D eigenvalue weighted by Crippen LogP contribution is 2.22. The molecule has 2 atom stereocenters. The van der Waals surface area contributed by atoms with Crippen LogP contribution in [-0.2, 0) is 0 Å². The summed E-state index contributed by atoms with van der Waals surface area (Å²) in [6, 6.07) is 1.05. The Labute approximate surface area is 119 Å². The molecule has 2 N–H and O–H groups in total. The van der Waals surface area contributed by atoms with Crippen molar-refractivity contribution in [1.82, 2.24) is 5.32 Å². The van der Waals surface area contributed by atoms with Crippen molar-refractivity contribution >= 4 is 0 Å². The molecule has 0 aromatic carbocycles. The van der Waals surface area contributed by atoms with Crippen LogP contribution in [0.3, 0.4) is 0 Å². The maximum Gasteiger partial charge on any atom is 0.0693 e. The molecule has 2 aliphatic carbocycles. The molecule has 2 aliphatic rings. The Kier molecular flexibility index (Phi) is 7.23. The van der Waals surface area contributed by atoms with E-state index in [1.165, 1.54) is 83.5 Å². The van der Waals surface area contributed by atoms with Crippen LogP contribution < -0.4 is 5.32 Å². The van der Waals surface area contributed by atoms with Crippen LogP contribution in [0.1, 0.15) is 89.9 Å². The summed E-state index contributed by atoms with van der Waals surface area (Å²) >= 11 is 0. The quantitative estimate of drug-likeness (QED) is 0.787. The Balaban J connectivity index is 1.74. The maximum absolute atomic E-state index is 9.97. The van der Waals surface area contributed by atoms with E-state index < -0.39 is 0 Å². The summed E-state index contributed by atoms with van der Waals surface area (Å²) in [6.45, 7) is 0. The Bertz CT molecular complexity index is 219. The van der Waals surface area contributed by atoms with Gasteiger partial charge in [-0.2, -0.15) is 0 Å². The first-order valence-corrected chi connectivity index (χ1v) is 8.80. The molecule has 2 saturated carbocycles. The lowest BCUT2D eigenvalue weighted by Gasteiger charge is -2.25. The van der Waals surface area contributed by atoms with Gasteiger partial charge in [0.1, 0.15) is 0 Å². The summed E-state index contributed by atoms with van der Waals surface area (Å²) < 4.78 is 0. The van der Waals surface area contributed by atoms with Crippen molar-refractivity contribution < 1.29 is 5.11 Å². The van der Waals surface area contributed by atoms with Crippen LogP contribution in [0.15, 0.2) is 0 Å². The van der Waals surface area contributed by atoms with Crippen molar-refractivity contribution in [1.29, 1.82) is 0 Å². The van der Waals surface area contributed by atoms with Gasteiger partial charge in [-0.3, -0.25) is 0 Å². The minimum atomic E-state index is -0.0821. The molecule has 0 radical (unpaired) electrons. The van der Waals surface area contributed by atoms with E-state index in [0.717, 1.165) is 6.42 Å². The van der Waals surface area contributed by atoms with Crippen LogP contribution in [0.25, 0.3) is 0 Å². The van der Waals surface area contributed by atoms with Crippen molar-refractivity contribution in [2.45, 2.75) is 108 Å². The zero-order valence-corrected chi connectivity index (χ0v) is 12.6. The predicted octanol–water partition coefficient (Wildman–Crippen LogP) is 4.16. The largest absolute Gasteiger partial charge is 0.392 e. The second-order valence-electron chi connectivity index (χ2n) is 6.73. The van der Waals surface area contributed by atoms with Crippen LogP contribution >= 0.6 is 0 Å². The van der Waals surface area contributed by atoms with Crippen molar-refractivity contribution in [2.75, 3.05) is 0 Å². The monoisotopic (exact) mass is 267 g/mol. The molecule has 19 heavy (non-hydrogen) atoms. The van der Waals surface area contributed by atoms with Crippen molar-refractivity contribution in [2.24, 2.45) is 0 Å². The third-order valence-electron chi connectivity index (χ3n) is 5.03. The molecule has 2 heteroatoms. The maximum atomic E-state index is 9.97. The van der Waals surface area contributed by atoms with E-state index >= 15 is 0 Å². The van der Waals surface area contributed by atoms with E-state index in [4.69, 9.17) is 0 Å². The van der Waals surface area contributed by atoms with E-state index in [0.29, 0.717) is 12.1 Å². The number of nitrogens with one attached hydrogen (secondary N) is 1. The SMILES string of the molecule is O[C@H]1CCC[C@@H]1NC1CCCCCCCCCCC1. The molecule has 0 heterocycles. The van der Waals surface area contributed by atoms with Gasteiger partial charge in [-0.25, -0.2) is 0 Å². The molecular formula is C17H33NO. The number of hydrogen-bond donors (Lipinski definition) is 2. The highest BCUT2D eigenvalue weighted by Gasteiger charge is 2.26. The normalized spacial score (nSPS) is 32.7. The zero-order chi connectivity index (χ0) is 13.3. The third kappa shape index (κ3) is 5.83. The molecule has 0 saturated heterocycles. The zero-order valence-electron chi connectivity index (χ0n) is 12.6. The summed E-state index contributed by atoms with van der Waals surface area (Å²) in [5.74, 6) is 0. The molecule has 112 valence electrons. The minimum absolute atomic E-state index is 0.0821. The first-order valence-electron chi connectivity index (χ1n) is 8.80. The second-order valence-corrected chi connectivity index (χ2v) is 6.73. The lowest BCUT2D eigenvalue weighted by molar-refractivity contribution is 0.140. The average Bonchev–Trinajstić information content (AvgIpc) is 2.78. The highest BCUT2D eigenvalue weighted by molar-refractivity contribution is 4.85. The third-order valence-corrected chi connectivity index (χ3v) is 5.03. The number of aliphatic hydroxyl groups excluding tert-OH is 1. The van der Waals surface area contributed by atoms with Gasteiger partial charge in [-0.1, -0.05) is 57.8 Å². The van der Waals surface area contributed by atoms with Crippen LogP contribution in [0.5, 0.6) is 0 Å². The molecule has 0 amide bonds. The van der Waals surface area contributed by atoms with Gasteiger partial charge >= 0.3 is 0 Å². The Hall–Kier alpha value is -0.0800. The standard InChI is InChI=1S/C17H33NO/c19-17-14-10-13-16(17)18-15-11-8-6-4-2-1-3-5-7-9-12-15/h15-19H,1-14H2/t16-,17-/m0/s1. The van der Waals surface area contributed by atoms with Gasteiger partial charge in [0.05, 0.1) is 6.10 Å². The number of rotatable bonds is 2. The van der Waals surface area contributed by atoms with Crippen LogP contribution in [0.2, 0.25) is 0 Å². The molecular weight excluding hydrogens is 234 g/mol. The molecule has 2 nitrogen and oxygen atoms in total. The van der Waals surface area contributed by atoms with Crippen LogP contribution in [0, 0.1) is 0 Å². The lowest BCUT2D eigenvalue weighted by atomic mass is 9.97. The Morgan fingerprint density at radius 2 is 1.11 bits per heavy atom. The molecule has 0 bridgehead atoms. The van der Waals surface area contributed by atoms with E-state index in [-0.39, 0.29) is 6.10 Å². The van der Waals surface area contributed by atoms with Crippen molar-refractivity contribution in [3.8, 4) is 0 Å². The first-order chi connectivity index (χ1) is 9.36. The van der Waals surface area contributed by atoms with Gasteiger partial charge in [0.25, 0.3) is 0 Å². The van der Waals surface area contributed by atoms with Gasteiger partial charge < -0.3 is 10.4 Å². The fraction of sp³-hybridized carbons (Fsp3) is 1.00. The second kappa shape index (κ2) is 8.97. The van der Waals surface area contributed by atoms with E-state index in [2.05, 4.69) is 5.32 Å². The summed E-state index contributed by atoms with van der Waals surface area (Å²) in [5.41, 5.74) is 0. The molecule has 0 unspecified atom stereocenters. The van der Waals surface area contributed by atoms with E-state index in [1.54, 1.807) is 0 Å². The Morgan fingerprint density at radius 3 is 1.58 bits per heavy atom. The van der Waals surface area contributed by atoms with Gasteiger partial charge in [0.2, 0.25) is 0 Å². The van der Waals surface area contributed by atoms with E-state index in [9.17, 15) is 5.11 Å². The Morgan fingerprint density at radius 1 is 0.579 bits per heavy atom. The fourth-order valence-corrected chi connectivity index (χ4v) is 3.77. The van der Waals surface area contributed by atoms with Crippen LogP contribution in [0.4, 0.5) is 0 Å². The minimum Gasteiger partial charge on any atom is -0.392 e. The van der Waals surface area contributed by atoms with Gasteiger partial charge in [-0.15, -0.1) is 0 Å². The fourth-order valence-electron chi connectivity index (χ4n) is 3.77. The predicted molar refractivity (Wildman–Crippen MR) is 81.4 cm³/mol. The first kappa shape index (κ1) is 15.3. The highest BCUT2D eigenvalue weighted by atomic mass is 16.3. The molecule has 0 spiro atoms. The smallest absolute Gasteiger partial charge is 0.0693 e. The number of hydrogen-bond acceptors (Lipinski definition) is 2. The summed E-state index contributed by atoms with van der Waals surface area (Å²) in [7, 11) is 0. The van der Waals surface area contributed by atoms with Gasteiger partial charge in [0.15, 0.2) is 0 Å². The van der Waals surface area contributed by atoms with Crippen molar-refractivity contribution in [3.05, 3.63) is 0 Å². The topological polar surface area (TPSA) is 32.3 Å². The summed E-state index contributed by atoms with van der Waals surface area (Å²) in [6.07, 6.45) is 18.7. The van der Waals surface area contributed by atoms with Gasteiger partial charge in [-0.05, 0) is 32.1 Å².